The molecule has 0 spiro atoms. The summed E-state index contributed by atoms with van der Waals surface area (Å²) >= 11 is 1.58. The number of thiazole rings is 1. The number of aromatic nitrogens is 1. The van der Waals surface area contributed by atoms with Gasteiger partial charge in [0.25, 0.3) is 0 Å². The number of nitrogens with one attached hydrogen (secondary N) is 1. The SMILES string of the molecule is CC(O)(CNCc1cscn1)c1ccccc1. The second kappa shape index (κ2) is 5.40. The first-order valence-corrected chi connectivity index (χ1v) is 6.48. The lowest BCUT2D eigenvalue weighted by molar-refractivity contribution is 0.0566. The van der Waals surface area contributed by atoms with Crippen LogP contribution in [0.2, 0.25) is 0 Å². The molecule has 0 bridgehead atoms. The molecule has 90 valence electrons. The van der Waals surface area contributed by atoms with E-state index in [2.05, 4.69) is 10.3 Å². The number of nitrogens with zero attached hydrogens (tertiary/aromatic N) is 1. The van der Waals surface area contributed by atoms with Crippen LogP contribution in [0.1, 0.15) is 18.2 Å². The third kappa shape index (κ3) is 3.36. The van der Waals surface area contributed by atoms with E-state index in [9.17, 15) is 5.11 Å². The standard InChI is InChI=1S/C13H16N2OS/c1-13(16,11-5-3-2-4-6-11)9-14-7-12-8-17-10-15-12/h2-6,8,10,14,16H,7,9H2,1H3. The second-order valence-corrected chi connectivity index (χ2v) is 4.94. The topological polar surface area (TPSA) is 45.1 Å². The normalized spacial score (nSPS) is 14.5. The van der Waals surface area contributed by atoms with E-state index in [0.29, 0.717) is 13.1 Å². The lowest BCUT2D eigenvalue weighted by Gasteiger charge is -2.24. The highest BCUT2D eigenvalue weighted by Crippen LogP contribution is 2.19. The molecule has 0 radical (unpaired) electrons. The molecule has 2 aromatic rings. The molecule has 1 aromatic carbocycles. The van der Waals surface area contributed by atoms with Gasteiger partial charge in [-0.1, -0.05) is 30.3 Å². The minimum absolute atomic E-state index is 0.508. The van der Waals surface area contributed by atoms with E-state index in [1.165, 1.54) is 0 Å². The zero-order valence-electron chi connectivity index (χ0n) is 9.76. The Hall–Kier alpha value is -1.23. The van der Waals surface area contributed by atoms with Gasteiger partial charge < -0.3 is 10.4 Å². The van der Waals surface area contributed by atoms with Gasteiger partial charge in [0.15, 0.2) is 0 Å². The van der Waals surface area contributed by atoms with Crippen molar-refractivity contribution in [3.63, 3.8) is 0 Å². The van der Waals surface area contributed by atoms with Gasteiger partial charge in [-0.2, -0.15) is 0 Å². The van der Waals surface area contributed by atoms with Gasteiger partial charge in [-0.05, 0) is 12.5 Å². The Bertz CT molecular complexity index is 440. The molecule has 17 heavy (non-hydrogen) atoms. The van der Waals surface area contributed by atoms with Crippen LogP contribution in [-0.2, 0) is 12.1 Å². The summed E-state index contributed by atoms with van der Waals surface area (Å²) in [5.74, 6) is 0. The molecule has 0 aliphatic heterocycles. The Morgan fingerprint density at radius 1 is 1.35 bits per heavy atom. The maximum absolute atomic E-state index is 10.3. The Morgan fingerprint density at radius 3 is 2.76 bits per heavy atom. The highest BCUT2D eigenvalue weighted by molar-refractivity contribution is 7.07. The average Bonchev–Trinajstić information content (AvgIpc) is 2.83. The van der Waals surface area contributed by atoms with Gasteiger partial charge >= 0.3 is 0 Å². The summed E-state index contributed by atoms with van der Waals surface area (Å²) in [5.41, 5.74) is 2.90. The molecule has 0 saturated heterocycles. The smallest absolute Gasteiger partial charge is 0.0992 e. The minimum atomic E-state index is -0.850. The van der Waals surface area contributed by atoms with Crippen LogP contribution in [0.25, 0.3) is 0 Å². The predicted octanol–water partition coefficient (Wildman–Crippen LogP) is 2.14. The Labute approximate surface area is 105 Å². The molecule has 0 amide bonds. The number of hydrogen-bond acceptors (Lipinski definition) is 4. The van der Waals surface area contributed by atoms with Crippen LogP contribution >= 0.6 is 11.3 Å². The summed E-state index contributed by atoms with van der Waals surface area (Å²) in [4.78, 5) is 4.18. The maximum Gasteiger partial charge on any atom is 0.0992 e. The van der Waals surface area contributed by atoms with Crippen LogP contribution < -0.4 is 5.32 Å². The van der Waals surface area contributed by atoms with Crippen molar-refractivity contribution in [1.82, 2.24) is 10.3 Å². The quantitative estimate of drug-likeness (QED) is 0.852. The van der Waals surface area contributed by atoms with Crippen LogP contribution in [0.4, 0.5) is 0 Å². The Balaban J connectivity index is 1.90. The van der Waals surface area contributed by atoms with Crippen molar-refractivity contribution in [2.24, 2.45) is 0 Å². The first-order valence-electron chi connectivity index (χ1n) is 5.54. The molecule has 2 N–H and O–H groups in total. The van der Waals surface area contributed by atoms with Crippen LogP contribution in [0.3, 0.4) is 0 Å². The van der Waals surface area contributed by atoms with Crippen LogP contribution in [0, 0.1) is 0 Å². The van der Waals surface area contributed by atoms with E-state index < -0.39 is 5.60 Å². The molecule has 0 aliphatic rings. The fourth-order valence-electron chi connectivity index (χ4n) is 1.66. The molecule has 2 rings (SSSR count). The molecule has 1 heterocycles. The van der Waals surface area contributed by atoms with E-state index >= 15 is 0 Å². The molecule has 0 aliphatic carbocycles. The molecule has 1 aromatic heterocycles. The molecule has 4 heteroatoms. The van der Waals surface area contributed by atoms with E-state index in [-0.39, 0.29) is 0 Å². The monoisotopic (exact) mass is 248 g/mol. The average molecular weight is 248 g/mol. The highest BCUT2D eigenvalue weighted by Gasteiger charge is 2.21. The van der Waals surface area contributed by atoms with Crippen molar-refractivity contribution in [2.75, 3.05) is 6.54 Å². The van der Waals surface area contributed by atoms with Gasteiger partial charge in [-0.25, -0.2) is 4.98 Å². The van der Waals surface area contributed by atoms with E-state index in [0.717, 1.165) is 11.3 Å². The molecule has 3 nitrogen and oxygen atoms in total. The zero-order chi connectivity index (χ0) is 12.1. The van der Waals surface area contributed by atoms with Gasteiger partial charge in [-0.3, -0.25) is 0 Å². The lowest BCUT2D eigenvalue weighted by Crippen LogP contribution is -2.35. The molecule has 1 unspecified atom stereocenters. The fraction of sp³-hybridized carbons (Fsp3) is 0.308. The van der Waals surface area contributed by atoms with Crippen molar-refractivity contribution in [3.8, 4) is 0 Å². The molecule has 0 saturated carbocycles. The molecule has 0 fully saturated rings. The van der Waals surface area contributed by atoms with Crippen molar-refractivity contribution < 1.29 is 5.11 Å². The van der Waals surface area contributed by atoms with Gasteiger partial charge in [0, 0.05) is 18.5 Å². The highest BCUT2D eigenvalue weighted by atomic mass is 32.1. The number of aliphatic hydroxyl groups is 1. The summed E-state index contributed by atoms with van der Waals surface area (Å²) in [7, 11) is 0. The van der Waals surface area contributed by atoms with E-state index in [4.69, 9.17) is 0 Å². The predicted molar refractivity (Wildman–Crippen MR) is 69.8 cm³/mol. The molecular weight excluding hydrogens is 232 g/mol. The fourth-order valence-corrected chi connectivity index (χ4v) is 2.22. The summed E-state index contributed by atoms with van der Waals surface area (Å²) in [6.45, 7) is 3.01. The van der Waals surface area contributed by atoms with Crippen molar-refractivity contribution in [1.29, 1.82) is 0 Å². The Kier molecular flexibility index (Phi) is 3.89. The first-order chi connectivity index (χ1) is 8.18. The van der Waals surface area contributed by atoms with Crippen molar-refractivity contribution in [3.05, 3.63) is 52.5 Å². The van der Waals surface area contributed by atoms with Gasteiger partial charge in [0.05, 0.1) is 16.8 Å². The van der Waals surface area contributed by atoms with Gasteiger partial charge in [0.1, 0.15) is 0 Å². The Morgan fingerprint density at radius 2 is 2.12 bits per heavy atom. The van der Waals surface area contributed by atoms with Crippen molar-refractivity contribution in [2.45, 2.75) is 19.1 Å². The molecular formula is C13H16N2OS. The third-order valence-corrected chi connectivity index (χ3v) is 3.29. The van der Waals surface area contributed by atoms with Gasteiger partial charge in [-0.15, -0.1) is 11.3 Å². The zero-order valence-corrected chi connectivity index (χ0v) is 10.6. The van der Waals surface area contributed by atoms with Crippen LogP contribution in [0.15, 0.2) is 41.2 Å². The number of rotatable bonds is 5. The minimum Gasteiger partial charge on any atom is -0.384 e. The lowest BCUT2D eigenvalue weighted by atomic mass is 9.96. The van der Waals surface area contributed by atoms with Crippen LogP contribution in [0.5, 0.6) is 0 Å². The van der Waals surface area contributed by atoms with Gasteiger partial charge in [0.2, 0.25) is 0 Å². The van der Waals surface area contributed by atoms with Crippen molar-refractivity contribution >= 4 is 11.3 Å². The van der Waals surface area contributed by atoms with Crippen LogP contribution in [-0.4, -0.2) is 16.6 Å². The van der Waals surface area contributed by atoms with E-state index in [1.807, 2.05) is 48.1 Å². The number of benzene rings is 1. The summed E-state index contributed by atoms with van der Waals surface area (Å²) in [6, 6.07) is 9.69. The summed E-state index contributed by atoms with van der Waals surface area (Å²) < 4.78 is 0. The largest absolute Gasteiger partial charge is 0.384 e. The first kappa shape index (κ1) is 12.2. The third-order valence-electron chi connectivity index (χ3n) is 2.65. The van der Waals surface area contributed by atoms with E-state index in [1.54, 1.807) is 11.3 Å². The summed E-state index contributed by atoms with van der Waals surface area (Å²) in [5, 5.41) is 15.6. The molecule has 1 atom stereocenters. The maximum atomic E-state index is 10.3. The summed E-state index contributed by atoms with van der Waals surface area (Å²) in [6.07, 6.45) is 0. The number of hydrogen-bond donors (Lipinski definition) is 2. The second-order valence-electron chi connectivity index (χ2n) is 4.22.